The second-order valence-electron chi connectivity index (χ2n) is 7.73. The predicted molar refractivity (Wildman–Crippen MR) is 108 cm³/mol. The second kappa shape index (κ2) is 9.55. The van der Waals surface area contributed by atoms with Gasteiger partial charge >= 0.3 is 0 Å². The van der Waals surface area contributed by atoms with Gasteiger partial charge in [-0.15, -0.1) is 0 Å². The molecule has 150 valence electrons. The molecule has 1 aliphatic rings. The molecule has 3 N–H and O–H groups in total. The van der Waals surface area contributed by atoms with E-state index in [0.717, 1.165) is 31.1 Å². The van der Waals surface area contributed by atoms with Gasteiger partial charge in [0.05, 0.1) is 19.3 Å². The van der Waals surface area contributed by atoms with Crippen molar-refractivity contribution in [3.05, 3.63) is 23.9 Å². The SMILES string of the molecule is CN=C(NCC(=O)NC(C)(C)C)NCc1ccc(N2CCOC(C)C2)nc1. The van der Waals surface area contributed by atoms with Crippen LogP contribution in [0.2, 0.25) is 0 Å². The molecule has 8 heteroatoms. The number of pyridine rings is 1. The van der Waals surface area contributed by atoms with Gasteiger partial charge in [0.1, 0.15) is 5.82 Å². The van der Waals surface area contributed by atoms with Gasteiger partial charge in [0.15, 0.2) is 5.96 Å². The number of hydrogen-bond acceptors (Lipinski definition) is 5. The monoisotopic (exact) mass is 376 g/mol. The minimum absolute atomic E-state index is 0.0730. The van der Waals surface area contributed by atoms with Gasteiger partial charge in [-0.3, -0.25) is 9.79 Å². The van der Waals surface area contributed by atoms with E-state index in [1.54, 1.807) is 7.05 Å². The zero-order chi connectivity index (χ0) is 19.9. The van der Waals surface area contributed by atoms with E-state index in [1.807, 2.05) is 33.0 Å². The van der Waals surface area contributed by atoms with Crippen molar-refractivity contribution in [1.82, 2.24) is 20.9 Å². The normalized spacial score (nSPS) is 18.2. The molecule has 1 aromatic rings. The Balaban J connectivity index is 1.80. The lowest BCUT2D eigenvalue weighted by molar-refractivity contribution is -0.121. The molecule has 1 amide bonds. The van der Waals surface area contributed by atoms with Crippen LogP contribution in [0.3, 0.4) is 0 Å². The minimum Gasteiger partial charge on any atom is -0.375 e. The molecule has 0 aromatic carbocycles. The van der Waals surface area contributed by atoms with Crippen molar-refractivity contribution in [2.24, 2.45) is 4.99 Å². The van der Waals surface area contributed by atoms with Crippen LogP contribution in [-0.2, 0) is 16.1 Å². The van der Waals surface area contributed by atoms with E-state index in [-0.39, 0.29) is 24.1 Å². The minimum atomic E-state index is -0.249. The van der Waals surface area contributed by atoms with Crippen LogP contribution >= 0.6 is 0 Å². The molecule has 1 saturated heterocycles. The molecule has 1 unspecified atom stereocenters. The average Bonchev–Trinajstić information content (AvgIpc) is 2.61. The van der Waals surface area contributed by atoms with Crippen molar-refractivity contribution in [3.63, 3.8) is 0 Å². The summed E-state index contributed by atoms with van der Waals surface area (Å²) < 4.78 is 5.57. The smallest absolute Gasteiger partial charge is 0.239 e. The first kappa shape index (κ1) is 21.0. The summed E-state index contributed by atoms with van der Waals surface area (Å²) in [5.41, 5.74) is 0.795. The Morgan fingerprint density at radius 2 is 2.15 bits per heavy atom. The van der Waals surface area contributed by atoms with Gasteiger partial charge < -0.3 is 25.6 Å². The highest BCUT2D eigenvalue weighted by atomic mass is 16.5. The molecule has 27 heavy (non-hydrogen) atoms. The molecular formula is C19H32N6O2. The van der Waals surface area contributed by atoms with Crippen molar-refractivity contribution >= 4 is 17.7 Å². The fourth-order valence-corrected chi connectivity index (χ4v) is 2.77. The van der Waals surface area contributed by atoms with E-state index in [4.69, 9.17) is 4.74 Å². The van der Waals surface area contributed by atoms with Crippen LogP contribution in [0.15, 0.2) is 23.3 Å². The quantitative estimate of drug-likeness (QED) is 0.522. The number of aromatic nitrogens is 1. The van der Waals surface area contributed by atoms with E-state index < -0.39 is 0 Å². The summed E-state index contributed by atoms with van der Waals surface area (Å²) >= 11 is 0. The topological polar surface area (TPSA) is 90.9 Å². The summed E-state index contributed by atoms with van der Waals surface area (Å²) in [6, 6.07) is 4.08. The van der Waals surface area contributed by atoms with Crippen LogP contribution < -0.4 is 20.9 Å². The third-order valence-corrected chi connectivity index (χ3v) is 3.99. The van der Waals surface area contributed by atoms with Crippen molar-refractivity contribution in [3.8, 4) is 0 Å². The third-order valence-electron chi connectivity index (χ3n) is 3.99. The first-order valence-corrected chi connectivity index (χ1v) is 9.34. The van der Waals surface area contributed by atoms with Gasteiger partial charge in [-0.2, -0.15) is 0 Å². The number of guanidine groups is 1. The molecule has 1 aromatic heterocycles. The molecule has 2 rings (SSSR count). The average molecular weight is 377 g/mol. The summed E-state index contributed by atoms with van der Waals surface area (Å²) in [6.45, 7) is 11.1. The van der Waals surface area contributed by atoms with Crippen LogP contribution in [0.25, 0.3) is 0 Å². The molecule has 8 nitrogen and oxygen atoms in total. The van der Waals surface area contributed by atoms with Gasteiger partial charge in [0.2, 0.25) is 5.91 Å². The lowest BCUT2D eigenvalue weighted by Gasteiger charge is -2.32. The number of aliphatic imine (C=N–C) groups is 1. The van der Waals surface area contributed by atoms with Crippen LogP contribution in [0, 0.1) is 0 Å². The van der Waals surface area contributed by atoms with Gasteiger partial charge in [-0.1, -0.05) is 6.07 Å². The molecule has 1 fully saturated rings. The number of morpholine rings is 1. The zero-order valence-electron chi connectivity index (χ0n) is 17.0. The number of rotatable bonds is 5. The molecule has 1 atom stereocenters. The number of carbonyl (C=O) groups is 1. The van der Waals surface area contributed by atoms with Crippen molar-refractivity contribution in [2.75, 3.05) is 38.2 Å². The lowest BCUT2D eigenvalue weighted by atomic mass is 10.1. The standard InChI is InChI=1S/C19H32N6O2/c1-14-13-25(8-9-27-14)16-7-6-15(10-21-16)11-22-18(20-5)23-12-17(26)24-19(2,3)4/h6-7,10,14H,8-9,11-13H2,1-5H3,(H,24,26)(H2,20,22,23). The summed E-state index contributed by atoms with van der Waals surface area (Å²) in [6.07, 6.45) is 2.09. The van der Waals surface area contributed by atoms with E-state index in [2.05, 4.69) is 43.8 Å². The first-order valence-electron chi connectivity index (χ1n) is 9.34. The summed E-state index contributed by atoms with van der Waals surface area (Å²) in [5.74, 6) is 1.47. The number of ether oxygens (including phenoxy) is 1. The Morgan fingerprint density at radius 1 is 1.37 bits per heavy atom. The maximum Gasteiger partial charge on any atom is 0.239 e. The Hall–Kier alpha value is -2.35. The molecular weight excluding hydrogens is 344 g/mol. The maximum absolute atomic E-state index is 11.9. The molecule has 0 spiro atoms. The summed E-state index contributed by atoms with van der Waals surface area (Å²) in [7, 11) is 1.68. The highest BCUT2D eigenvalue weighted by Crippen LogP contribution is 2.15. The first-order chi connectivity index (χ1) is 12.8. The highest BCUT2D eigenvalue weighted by Gasteiger charge is 2.17. The molecule has 1 aliphatic heterocycles. The Bertz CT molecular complexity index is 639. The summed E-state index contributed by atoms with van der Waals surface area (Å²) in [4.78, 5) is 22.8. The van der Waals surface area contributed by atoms with E-state index in [9.17, 15) is 4.79 Å². The largest absolute Gasteiger partial charge is 0.375 e. The fraction of sp³-hybridized carbons (Fsp3) is 0.632. The van der Waals surface area contributed by atoms with E-state index >= 15 is 0 Å². The van der Waals surface area contributed by atoms with Gasteiger partial charge in [0.25, 0.3) is 0 Å². The molecule has 0 bridgehead atoms. The number of nitrogens with zero attached hydrogens (tertiary/aromatic N) is 3. The highest BCUT2D eigenvalue weighted by molar-refractivity contribution is 5.86. The van der Waals surface area contributed by atoms with Crippen molar-refractivity contribution < 1.29 is 9.53 Å². The number of nitrogens with one attached hydrogen (secondary N) is 3. The van der Waals surface area contributed by atoms with Gasteiger partial charge in [-0.05, 0) is 39.3 Å². The van der Waals surface area contributed by atoms with Crippen molar-refractivity contribution in [1.29, 1.82) is 0 Å². The number of hydrogen-bond donors (Lipinski definition) is 3. The number of carbonyl (C=O) groups excluding carboxylic acids is 1. The zero-order valence-corrected chi connectivity index (χ0v) is 17.0. The Morgan fingerprint density at radius 3 is 2.74 bits per heavy atom. The Kier molecular flexibility index (Phi) is 7.41. The van der Waals surface area contributed by atoms with E-state index in [1.165, 1.54) is 0 Å². The molecule has 0 saturated carbocycles. The third kappa shape index (κ3) is 7.42. The predicted octanol–water partition coefficient (Wildman–Crippen LogP) is 0.886. The molecule has 2 heterocycles. The number of anilines is 1. The van der Waals surface area contributed by atoms with Gasteiger partial charge in [0, 0.05) is 38.4 Å². The summed E-state index contributed by atoms with van der Waals surface area (Å²) in [5, 5.41) is 9.11. The van der Waals surface area contributed by atoms with Crippen LogP contribution in [0.5, 0.6) is 0 Å². The van der Waals surface area contributed by atoms with Crippen LogP contribution in [-0.4, -0.2) is 61.8 Å². The Labute approximate surface area is 161 Å². The van der Waals surface area contributed by atoms with Crippen molar-refractivity contribution in [2.45, 2.75) is 45.9 Å². The van der Waals surface area contributed by atoms with E-state index in [0.29, 0.717) is 12.5 Å². The second-order valence-corrected chi connectivity index (χ2v) is 7.73. The number of amides is 1. The lowest BCUT2D eigenvalue weighted by Crippen LogP contribution is -2.48. The molecule has 0 radical (unpaired) electrons. The van der Waals surface area contributed by atoms with Crippen LogP contribution in [0.4, 0.5) is 5.82 Å². The fourth-order valence-electron chi connectivity index (χ4n) is 2.77. The maximum atomic E-state index is 11.9. The van der Waals surface area contributed by atoms with Gasteiger partial charge in [-0.25, -0.2) is 4.98 Å². The van der Waals surface area contributed by atoms with Crippen LogP contribution in [0.1, 0.15) is 33.3 Å². The molecule has 0 aliphatic carbocycles.